The van der Waals surface area contributed by atoms with Gasteiger partial charge in [-0.25, -0.2) is 4.21 Å². The summed E-state index contributed by atoms with van der Waals surface area (Å²) in [6.07, 6.45) is 0. The van der Waals surface area contributed by atoms with Gasteiger partial charge < -0.3 is 0 Å². The molecule has 9 heavy (non-hydrogen) atoms. The van der Waals surface area contributed by atoms with Crippen LogP contribution < -0.4 is 0 Å². The number of allylic oxidation sites excluding steroid dienone is 1. The standard InChI is InChI=1S/C4H5F3OS/c1-3(2)9(8)4(5,6)7/h1H2,2H3. The molecule has 0 aromatic rings. The average molecular weight is 158 g/mol. The van der Waals surface area contributed by atoms with Crippen LogP contribution in [0.2, 0.25) is 0 Å². The third kappa shape index (κ3) is 2.64. The molecule has 5 heteroatoms. The Bertz CT molecular complexity index is 148. The molecule has 0 amide bonds. The fourth-order valence-corrected chi connectivity index (χ4v) is 0.593. The van der Waals surface area contributed by atoms with Crippen molar-refractivity contribution < 1.29 is 17.4 Å². The summed E-state index contributed by atoms with van der Waals surface area (Å²) in [5.41, 5.74) is -4.65. The van der Waals surface area contributed by atoms with E-state index in [1.165, 1.54) is 0 Å². The molecule has 0 saturated carbocycles. The van der Waals surface area contributed by atoms with Crippen LogP contribution in [0.5, 0.6) is 0 Å². The first-order valence-corrected chi connectivity index (χ1v) is 3.15. The van der Waals surface area contributed by atoms with Crippen LogP contribution in [0, 0.1) is 0 Å². The smallest absolute Gasteiger partial charge is 0.246 e. The number of rotatable bonds is 1. The zero-order valence-corrected chi connectivity index (χ0v) is 5.47. The second kappa shape index (κ2) is 2.51. The molecule has 0 radical (unpaired) electrons. The molecule has 0 aliphatic heterocycles. The van der Waals surface area contributed by atoms with Gasteiger partial charge in [0.25, 0.3) is 0 Å². The number of hydrogen-bond donors (Lipinski definition) is 0. The van der Waals surface area contributed by atoms with Gasteiger partial charge in [0, 0.05) is 4.91 Å². The maximum atomic E-state index is 11.3. The summed E-state index contributed by atoms with van der Waals surface area (Å²) in [7, 11) is -2.88. The van der Waals surface area contributed by atoms with Crippen molar-refractivity contribution in [1.29, 1.82) is 0 Å². The summed E-state index contributed by atoms with van der Waals surface area (Å²) in [5, 5.41) is 0. The topological polar surface area (TPSA) is 17.1 Å². The summed E-state index contributed by atoms with van der Waals surface area (Å²) < 4.78 is 44.1. The maximum Gasteiger partial charge on any atom is 0.475 e. The third-order valence-electron chi connectivity index (χ3n) is 0.527. The van der Waals surface area contributed by atoms with Crippen LogP contribution in [-0.2, 0) is 10.8 Å². The van der Waals surface area contributed by atoms with Crippen molar-refractivity contribution in [1.82, 2.24) is 0 Å². The molecule has 0 fully saturated rings. The van der Waals surface area contributed by atoms with E-state index in [0.29, 0.717) is 0 Å². The molecule has 0 aliphatic carbocycles. The van der Waals surface area contributed by atoms with E-state index in [1.54, 1.807) is 0 Å². The van der Waals surface area contributed by atoms with E-state index in [4.69, 9.17) is 0 Å². The van der Waals surface area contributed by atoms with Crippen molar-refractivity contribution in [3.8, 4) is 0 Å². The van der Waals surface area contributed by atoms with E-state index in [2.05, 4.69) is 6.58 Å². The van der Waals surface area contributed by atoms with Gasteiger partial charge in [-0.1, -0.05) is 6.58 Å². The van der Waals surface area contributed by atoms with Crippen LogP contribution in [0.4, 0.5) is 13.2 Å². The highest BCUT2D eigenvalue weighted by Gasteiger charge is 2.36. The highest BCUT2D eigenvalue weighted by atomic mass is 32.2. The van der Waals surface area contributed by atoms with E-state index >= 15 is 0 Å². The molecular formula is C4H5F3OS. The van der Waals surface area contributed by atoms with Gasteiger partial charge >= 0.3 is 5.51 Å². The van der Waals surface area contributed by atoms with Crippen molar-refractivity contribution >= 4 is 10.8 Å². The minimum Gasteiger partial charge on any atom is -0.246 e. The SMILES string of the molecule is C=C(C)S(=O)C(F)(F)F. The van der Waals surface area contributed by atoms with Gasteiger partial charge in [0.2, 0.25) is 0 Å². The van der Waals surface area contributed by atoms with Crippen molar-refractivity contribution in [2.24, 2.45) is 0 Å². The Morgan fingerprint density at radius 1 is 1.56 bits per heavy atom. The Hall–Kier alpha value is -0.320. The lowest BCUT2D eigenvalue weighted by Crippen LogP contribution is -2.15. The van der Waals surface area contributed by atoms with Crippen LogP contribution in [0.3, 0.4) is 0 Å². The highest BCUT2D eigenvalue weighted by Crippen LogP contribution is 2.23. The Kier molecular flexibility index (Phi) is 2.42. The average Bonchev–Trinajstić information content (AvgIpc) is 1.62. The molecule has 0 N–H and O–H groups in total. The van der Waals surface area contributed by atoms with E-state index in [0.717, 1.165) is 6.92 Å². The first-order valence-electron chi connectivity index (χ1n) is 2.00. The lowest BCUT2D eigenvalue weighted by molar-refractivity contribution is -0.0376. The first-order chi connectivity index (χ1) is 3.85. The first kappa shape index (κ1) is 8.68. The Morgan fingerprint density at radius 3 is 1.89 bits per heavy atom. The predicted molar refractivity (Wildman–Crippen MR) is 29.0 cm³/mol. The molecule has 0 aromatic carbocycles. The van der Waals surface area contributed by atoms with Crippen LogP contribution >= 0.6 is 0 Å². The number of hydrogen-bond acceptors (Lipinski definition) is 1. The van der Waals surface area contributed by atoms with Gasteiger partial charge in [0.1, 0.15) is 0 Å². The fourth-order valence-electron chi connectivity index (χ4n) is 0.198. The van der Waals surface area contributed by atoms with Gasteiger partial charge in [-0.15, -0.1) is 0 Å². The van der Waals surface area contributed by atoms with E-state index in [9.17, 15) is 17.4 Å². The summed E-state index contributed by atoms with van der Waals surface area (Å²) in [4.78, 5) is -0.373. The van der Waals surface area contributed by atoms with Crippen LogP contribution in [-0.4, -0.2) is 9.72 Å². The predicted octanol–water partition coefficient (Wildman–Crippen LogP) is 1.79. The third-order valence-corrected chi connectivity index (χ3v) is 1.58. The zero-order valence-electron chi connectivity index (χ0n) is 4.66. The van der Waals surface area contributed by atoms with Gasteiger partial charge in [0.05, 0.1) is 0 Å². The molecule has 0 rings (SSSR count). The summed E-state index contributed by atoms with van der Waals surface area (Å²) in [5.74, 6) is 0. The maximum absolute atomic E-state index is 11.3. The molecule has 0 aromatic heterocycles. The van der Waals surface area contributed by atoms with Crippen molar-refractivity contribution in [2.75, 3.05) is 0 Å². The monoisotopic (exact) mass is 158 g/mol. The second-order valence-electron chi connectivity index (χ2n) is 1.42. The molecule has 0 saturated heterocycles. The number of halogens is 3. The summed E-state index contributed by atoms with van der Waals surface area (Å²) >= 11 is 0. The molecule has 0 heterocycles. The van der Waals surface area contributed by atoms with Crippen molar-refractivity contribution in [3.05, 3.63) is 11.5 Å². The Labute approximate surface area is 53.0 Å². The Morgan fingerprint density at radius 2 is 1.89 bits per heavy atom. The minimum atomic E-state index is -4.65. The molecule has 0 bridgehead atoms. The fraction of sp³-hybridized carbons (Fsp3) is 0.500. The number of alkyl halides is 3. The molecule has 0 spiro atoms. The van der Waals surface area contributed by atoms with Gasteiger partial charge in [-0.05, 0) is 6.92 Å². The molecule has 1 unspecified atom stereocenters. The zero-order chi connectivity index (χ0) is 7.65. The normalized spacial score (nSPS) is 15.1. The van der Waals surface area contributed by atoms with Gasteiger partial charge in [-0.2, -0.15) is 13.2 Å². The van der Waals surface area contributed by atoms with Gasteiger partial charge in [-0.3, -0.25) is 0 Å². The quantitative estimate of drug-likeness (QED) is 0.568. The summed E-state index contributed by atoms with van der Waals surface area (Å²) in [6.45, 7) is 3.97. The van der Waals surface area contributed by atoms with Crippen molar-refractivity contribution in [3.63, 3.8) is 0 Å². The Balaban J connectivity index is 4.23. The largest absolute Gasteiger partial charge is 0.475 e. The van der Waals surface area contributed by atoms with Gasteiger partial charge in [0.15, 0.2) is 10.8 Å². The lowest BCUT2D eigenvalue weighted by atomic mass is 10.8. The van der Waals surface area contributed by atoms with Crippen LogP contribution in [0.15, 0.2) is 11.5 Å². The molecule has 1 atom stereocenters. The van der Waals surface area contributed by atoms with E-state index in [1.807, 2.05) is 0 Å². The molecule has 1 nitrogen and oxygen atoms in total. The minimum absolute atomic E-state index is 0.373. The molecular weight excluding hydrogens is 153 g/mol. The molecule has 0 aliphatic rings. The second-order valence-corrected chi connectivity index (χ2v) is 3.11. The van der Waals surface area contributed by atoms with E-state index in [-0.39, 0.29) is 4.91 Å². The van der Waals surface area contributed by atoms with E-state index < -0.39 is 16.3 Å². The highest BCUT2D eigenvalue weighted by molar-refractivity contribution is 7.89. The lowest BCUT2D eigenvalue weighted by Gasteiger charge is -2.02. The van der Waals surface area contributed by atoms with Crippen LogP contribution in [0.25, 0.3) is 0 Å². The summed E-state index contributed by atoms with van der Waals surface area (Å²) in [6, 6.07) is 0. The van der Waals surface area contributed by atoms with Crippen LogP contribution in [0.1, 0.15) is 6.92 Å². The van der Waals surface area contributed by atoms with Crippen molar-refractivity contribution in [2.45, 2.75) is 12.4 Å². The molecule has 54 valence electrons.